The zero-order chi connectivity index (χ0) is 9.42. The van der Waals surface area contributed by atoms with Crippen molar-refractivity contribution in [3.8, 4) is 0 Å². The van der Waals surface area contributed by atoms with Crippen LogP contribution >= 0.6 is 38.9 Å². The van der Waals surface area contributed by atoms with Crippen LogP contribution in [0.5, 0.6) is 0 Å². The van der Waals surface area contributed by atoms with Gasteiger partial charge < -0.3 is 0 Å². The van der Waals surface area contributed by atoms with Crippen LogP contribution in [-0.4, -0.2) is 0 Å². The molecule has 0 unspecified atom stereocenters. The van der Waals surface area contributed by atoms with Crippen LogP contribution in [0, 0.1) is 5.82 Å². The van der Waals surface area contributed by atoms with Gasteiger partial charge in [-0.05, 0) is 39.5 Å². The van der Waals surface area contributed by atoms with E-state index in [0.29, 0.717) is 10.4 Å². The molecule has 1 aromatic heterocycles. The standard InChI is InChI=1S/C9H5BrClFS/c10-7-2-5-1-6(4-11)13-9(5)3-8(7)12/h1-3H,4H2. The molecule has 1 heterocycles. The normalized spacial score (nSPS) is 11.0. The summed E-state index contributed by atoms with van der Waals surface area (Å²) in [5.74, 6) is 0.258. The first kappa shape index (κ1) is 9.44. The van der Waals surface area contributed by atoms with E-state index in [0.717, 1.165) is 15.0 Å². The van der Waals surface area contributed by atoms with Gasteiger partial charge in [0.05, 0.1) is 10.4 Å². The number of hydrogen-bond donors (Lipinski definition) is 0. The second kappa shape index (κ2) is 3.56. The number of thiophene rings is 1. The molecule has 2 rings (SSSR count). The lowest BCUT2D eigenvalue weighted by atomic mass is 10.2. The highest BCUT2D eigenvalue weighted by molar-refractivity contribution is 9.10. The van der Waals surface area contributed by atoms with Crippen LogP contribution in [0.2, 0.25) is 0 Å². The Morgan fingerprint density at radius 3 is 2.85 bits per heavy atom. The third-order valence-corrected chi connectivity index (χ3v) is 3.89. The molecule has 68 valence electrons. The molecule has 0 fully saturated rings. The summed E-state index contributed by atoms with van der Waals surface area (Å²) in [6.45, 7) is 0. The molecule has 0 saturated heterocycles. The summed E-state index contributed by atoms with van der Waals surface area (Å²) in [6, 6.07) is 5.29. The van der Waals surface area contributed by atoms with Crippen LogP contribution in [0.15, 0.2) is 22.7 Å². The van der Waals surface area contributed by atoms with E-state index in [4.69, 9.17) is 11.6 Å². The molecule has 0 N–H and O–H groups in total. The second-order valence-electron chi connectivity index (χ2n) is 2.65. The highest BCUT2D eigenvalue weighted by atomic mass is 79.9. The molecule has 0 aliphatic carbocycles. The summed E-state index contributed by atoms with van der Waals surface area (Å²) < 4.78 is 14.5. The van der Waals surface area contributed by atoms with Crippen LogP contribution in [0.25, 0.3) is 10.1 Å². The van der Waals surface area contributed by atoms with Crippen LogP contribution in [-0.2, 0) is 5.88 Å². The third kappa shape index (κ3) is 1.73. The van der Waals surface area contributed by atoms with Crippen molar-refractivity contribution in [1.82, 2.24) is 0 Å². The smallest absolute Gasteiger partial charge is 0.138 e. The first-order valence-electron chi connectivity index (χ1n) is 3.64. The maximum Gasteiger partial charge on any atom is 0.138 e. The number of fused-ring (bicyclic) bond motifs is 1. The zero-order valence-electron chi connectivity index (χ0n) is 6.48. The van der Waals surface area contributed by atoms with Crippen LogP contribution in [0.4, 0.5) is 4.39 Å². The Bertz CT molecular complexity index is 413. The number of hydrogen-bond acceptors (Lipinski definition) is 1. The molecular weight excluding hydrogens is 275 g/mol. The van der Waals surface area contributed by atoms with Crippen LogP contribution < -0.4 is 0 Å². The Hall–Kier alpha value is -0.120. The summed E-state index contributed by atoms with van der Waals surface area (Å²) in [4.78, 5) is 1.06. The molecule has 1 aromatic carbocycles. The Balaban J connectivity index is 2.70. The number of halogens is 3. The minimum Gasteiger partial charge on any atom is -0.206 e. The molecule has 0 spiro atoms. The highest BCUT2D eigenvalue weighted by Gasteiger charge is 2.05. The van der Waals surface area contributed by atoms with Gasteiger partial charge in [0, 0.05) is 9.58 Å². The van der Waals surface area contributed by atoms with Crippen LogP contribution in [0.3, 0.4) is 0 Å². The molecule has 0 aliphatic heterocycles. The maximum absolute atomic E-state index is 13.1. The molecule has 0 radical (unpaired) electrons. The van der Waals surface area contributed by atoms with Gasteiger partial charge in [-0.3, -0.25) is 0 Å². The molecule has 2 aromatic rings. The van der Waals surface area contributed by atoms with E-state index in [-0.39, 0.29) is 5.82 Å². The molecule has 4 heteroatoms. The van der Waals surface area contributed by atoms with Crippen molar-refractivity contribution in [3.05, 3.63) is 33.4 Å². The highest BCUT2D eigenvalue weighted by Crippen LogP contribution is 2.30. The van der Waals surface area contributed by atoms with Gasteiger partial charge in [-0.25, -0.2) is 4.39 Å². The summed E-state index contributed by atoms with van der Waals surface area (Å²) in [5.41, 5.74) is 0. The lowest BCUT2D eigenvalue weighted by molar-refractivity contribution is 0.623. The Kier molecular flexibility index (Phi) is 2.58. The molecule has 0 atom stereocenters. The van der Waals surface area contributed by atoms with Crippen molar-refractivity contribution >= 4 is 49.0 Å². The van der Waals surface area contributed by atoms with Crippen molar-refractivity contribution in [2.45, 2.75) is 5.88 Å². The van der Waals surface area contributed by atoms with E-state index >= 15 is 0 Å². The van der Waals surface area contributed by atoms with E-state index in [1.807, 2.05) is 6.07 Å². The molecule has 0 saturated carbocycles. The molecule has 0 aliphatic rings. The maximum atomic E-state index is 13.1. The van der Waals surface area contributed by atoms with Gasteiger partial charge in [-0.2, -0.15) is 0 Å². The van der Waals surface area contributed by atoms with Gasteiger partial charge in [-0.1, -0.05) is 0 Å². The summed E-state index contributed by atoms with van der Waals surface area (Å²) in [6.07, 6.45) is 0. The van der Waals surface area contributed by atoms with Gasteiger partial charge in [0.25, 0.3) is 0 Å². The van der Waals surface area contributed by atoms with E-state index in [2.05, 4.69) is 15.9 Å². The van der Waals surface area contributed by atoms with E-state index in [9.17, 15) is 4.39 Å². The van der Waals surface area contributed by atoms with Crippen molar-refractivity contribution in [1.29, 1.82) is 0 Å². The first-order valence-corrected chi connectivity index (χ1v) is 5.78. The minimum absolute atomic E-state index is 0.226. The van der Waals surface area contributed by atoms with Crippen molar-refractivity contribution in [3.63, 3.8) is 0 Å². The quantitative estimate of drug-likeness (QED) is 0.672. The van der Waals surface area contributed by atoms with E-state index < -0.39 is 0 Å². The van der Waals surface area contributed by atoms with E-state index in [1.54, 1.807) is 6.07 Å². The number of rotatable bonds is 1. The van der Waals surface area contributed by atoms with Gasteiger partial charge in [0.15, 0.2) is 0 Å². The van der Waals surface area contributed by atoms with Gasteiger partial charge in [0.1, 0.15) is 5.82 Å². The lowest BCUT2D eigenvalue weighted by Crippen LogP contribution is -1.73. The van der Waals surface area contributed by atoms with Crippen molar-refractivity contribution < 1.29 is 4.39 Å². The molecule has 13 heavy (non-hydrogen) atoms. The van der Waals surface area contributed by atoms with Gasteiger partial charge >= 0.3 is 0 Å². The summed E-state index contributed by atoms with van der Waals surface area (Å²) in [5, 5.41) is 1.04. The van der Waals surface area contributed by atoms with Gasteiger partial charge in [-0.15, -0.1) is 22.9 Å². The van der Waals surface area contributed by atoms with Crippen molar-refractivity contribution in [2.75, 3.05) is 0 Å². The molecule has 0 nitrogen and oxygen atoms in total. The predicted octanol–water partition coefficient (Wildman–Crippen LogP) is 4.54. The Morgan fingerprint density at radius 1 is 1.38 bits per heavy atom. The monoisotopic (exact) mass is 278 g/mol. The molecule has 0 bridgehead atoms. The van der Waals surface area contributed by atoms with Crippen LogP contribution in [0.1, 0.15) is 4.88 Å². The Morgan fingerprint density at radius 2 is 2.15 bits per heavy atom. The first-order chi connectivity index (χ1) is 6.20. The fourth-order valence-corrected chi connectivity index (χ4v) is 2.68. The largest absolute Gasteiger partial charge is 0.206 e. The summed E-state index contributed by atoms with van der Waals surface area (Å²) >= 11 is 10.4. The van der Waals surface area contributed by atoms with Crippen molar-refractivity contribution in [2.24, 2.45) is 0 Å². The predicted molar refractivity (Wildman–Crippen MR) is 59.0 cm³/mol. The average Bonchev–Trinajstić information content (AvgIpc) is 2.48. The topological polar surface area (TPSA) is 0 Å². The SMILES string of the molecule is Fc1cc2sc(CCl)cc2cc1Br. The minimum atomic E-state index is -0.226. The average molecular weight is 280 g/mol. The molecule has 0 amide bonds. The number of alkyl halides is 1. The molecular formula is C9H5BrClFS. The fraction of sp³-hybridized carbons (Fsp3) is 0.111. The summed E-state index contributed by atoms with van der Waals surface area (Å²) in [7, 11) is 0. The van der Waals surface area contributed by atoms with E-state index in [1.165, 1.54) is 17.4 Å². The van der Waals surface area contributed by atoms with Gasteiger partial charge in [0.2, 0.25) is 0 Å². The third-order valence-electron chi connectivity index (χ3n) is 1.74. The number of benzene rings is 1. The zero-order valence-corrected chi connectivity index (χ0v) is 9.64. The lowest BCUT2D eigenvalue weighted by Gasteiger charge is -1.92. The Labute approximate surface area is 92.5 Å². The second-order valence-corrected chi connectivity index (χ2v) is 4.94. The fourth-order valence-electron chi connectivity index (χ4n) is 1.16.